The maximum atomic E-state index is 14.8. The molecule has 2 aliphatic rings. The van der Waals surface area contributed by atoms with E-state index in [0.717, 1.165) is 54.0 Å². The molecule has 186 valence electrons. The lowest BCUT2D eigenvalue weighted by molar-refractivity contribution is 0.516. The van der Waals surface area contributed by atoms with E-state index in [1.54, 1.807) is 29.9 Å². The molecule has 0 amide bonds. The zero-order chi connectivity index (χ0) is 25.3. The third-order valence-electron chi connectivity index (χ3n) is 8.75. The van der Waals surface area contributed by atoms with Gasteiger partial charge in [-0.15, -0.1) is 0 Å². The summed E-state index contributed by atoms with van der Waals surface area (Å²) in [6.45, 7) is 3.87. The molecule has 5 aromatic rings. The molecule has 37 heavy (non-hydrogen) atoms. The van der Waals surface area contributed by atoms with Crippen molar-refractivity contribution in [2.75, 3.05) is 18.0 Å². The van der Waals surface area contributed by atoms with Crippen LogP contribution in [0.3, 0.4) is 0 Å². The first-order valence-corrected chi connectivity index (χ1v) is 12.8. The van der Waals surface area contributed by atoms with E-state index in [9.17, 15) is 9.18 Å². The normalized spacial score (nSPS) is 22.9. The fourth-order valence-electron chi connectivity index (χ4n) is 6.86. The summed E-state index contributed by atoms with van der Waals surface area (Å²) < 4.78 is 16.3. The number of pyridine rings is 1. The highest BCUT2D eigenvalue weighted by molar-refractivity contribution is 6.01. The molecule has 3 aromatic heterocycles. The van der Waals surface area contributed by atoms with Gasteiger partial charge < -0.3 is 9.47 Å². The van der Waals surface area contributed by atoms with Gasteiger partial charge in [0.05, 0.1) is 11.9 Å². The van der Waals surface area contributed by atoms with Gasteiger partial charge in [0.25, 0.3) is 5.56 Å². The van der Waals surface area contributed by atoms with Gasteiger partial charge in [-0.05, 0) is 53.8 Å². The molecule has 1 aliphatic carbocycles. The van der Waals surface area contributed by atoms with Gasteiger partial charge in [-0.25, -0.2) is 14.4 Å². The predicted octanol–water partition coefficient (Wildman–Crippen LogP) is 4.82. The molecule has 3 atom stereocenters. The molecule has 2 aromatic carbocycles. The standard InChI is InChI=1S/C29H27FN6O/c1-3-29(21-9-4-5-10-23(21)30)20-12-14-36(16-22(20)29)24-15-31-26-25(33-34-27(26)32-24)18-7-6-8-19-17(18)11-13-35(2)28(19)37/h4-11,13,15,20,22H,3,12,14,16H2,1-2H3,(H,32,33,34)/t20-,22+,29-/m1/s1. The van der Waals surface area contributed by atoms with Crippen LogP contribution in [0.4, 0.5) is 10.2 Å². The van der Waals surface area contributed by atoms with Crippen LogP contribution < -0.4 is 10.5 Å². The maximum absolute atomic E-state index is 14.8. The highest BCUT2D eigenvalue weighted by atomic mass is 19.1. The van der Waals surface area contributed by atoms with E-state index in [-0.39, 0.29) is 16.8 Å². The van der Waals surface area contributed by atoms with Crippen LogP contribution in [0, 0.1) is 17.7 Å². The van der Waals surface area contributed by atoms with E-state index < -0.39 is 0 Å². The molecule has 0 radical (unpaired) electrons. The number of rotatable bonds is 4. The zero-order valence-electron chi connectivity index (χ0n) is 20.8. The first-order chi connectivity index (χ1) is 18.0. The molecular formula is C29H27FN6O. The fraction of sp³-hybridized carbons (Fsp3) is 0.310. The van der Waals surface area contributed by atoms with Crippen molar-refractivity contribution in [2.24, 2.45) is 18.9 Å². The number of benzene rings is 2. The summed E-state index contributed by atoms with van der Waals surface area (Å²) in [5.74, 6) is 1.59. The predicted molar refractivity (Wildman–Crippen MR) is 142 cm³/mol. The van der Waals surface area contributed by atoms with Gasteiger partial charge in [0.15, 0.2) is 0 Å². The number of hydrogen-bond donors (Lipinski definition) is 1. The Bertz CT molecular complexity index is 1740. The van der Waals surface area contributed by atoms with Crippen LogP contribution in [-0.4, -0.2) is 37.8 Å². The largest absolute Gasteiger partial charge is 0.355 e. The lowest BCUT2D eigenvalue weighted by atomic mass is 9.88. The van der Waals surface area contributed by atoms with Crippen LogP contribution in [0.2, 0.25) is 0 Å². The highest BCUT2D eigenvalue weighted by Crippen LogP contribution is 2.65. The molecule has 8 heteroatoms. The first kappa shape index (κ1) is 22.2. The van der Waals surface area contributed by atoms with E-state index in [0.29, 0.717) is 28.4 Å². The van der Waals surface area contributed by atoms with Crippen molar-refractivity contribution in [3.8, 4) is 11.3 Å². The van der Waals surface area contributed by atoms with Gasteiger partial charge in [0.1, 0.15) is 17.2 Å². The number of aromatic nitrogens is 5. The van der Waals surface area contributed by atoms with Crippen molar-refractivity contribution in [1.29, 1.82) is 0 Å². The van der Waals surface area contributed by atoms with Crippen LogP contribution in [0.5, 0.6) is 0 Å². The van der Waals surface area contributed by atoms with E-state index >= 15 is 0 Å². The molecule has 0 bridgehead atoms. The molecule has 1 saturated carbocycles. The van der Waals surface area contributed by atoms with Crippen LogP contribution in [0.15, 0.2) is 65.7 Å². The van der Waals surface area contributed by atoms with Crippen molar-refractivity contribution in [2.45, 2.75) is 25.2 Å². The quantitative estimate of drug-likeness (QED) is 0.388. The number of aryl methyl sites for hydroxylation is 1. The average molecular weight is 495 g/mol. The number of H-pyrrole nitrogens is 1. The molecule has 1 N–H and O–H groups in total. The van der Waals surface area contributed by atoms with Crippen molar-refractivity contribution in [3.63, 3.8) is 0 Å². The monoisotopic (exact) mass is 494 g/mol. The van der Waals surface area contributed by atoms with Gasteiger partial charge in [-0.1, -0.05) is 37.3 Å². The number of nitrogens with zero attached hydrogens (tertiary/aromatic N) is 5. The van der Waals surface area contributed by atoms with Crippen molar-refractivity contribution < 1.29 is 4.39 Å². The molecule has 7 nitrogen and oxygen atoms in total. The van der Waals surface area contributed by atoms with Gasteiger partial charge in [-0.2, -0.15) is 5.10 Å². The summed E-state index contributed by atoms with van der Waals surface area (Å²) in [5.41, 5.74) is 3.56. The van der Waals surface area contributed by atoms with Gasteiger partial charge in [-0.3, -0.25) is 9.89 Å². The number of anilines is 1. The molecule has 0 unspecified atom stereocenters. The second-order valence-electron chi connectivity index (χ2n) is 10.3. The molecule has 1 aliphatic heterocycles. The fourth-order valence-corrected chi connectivity index (χ4v) is 6.86. The summed E-state index contributed by atoms with van der Waals surface area (Å²) in [5, 5.41) is 9.08. The van der Waals surface area contributed by atoms with Crippen LogP contribution in [0.1, 0.15) is 25.3 Å². The summed E-state index contributed by atoms with van der Waals surface area (Å²) in [4.78, 5) is 24.5. The van der Waals surface area contributed by atoms with Crippen LogP contribution in [0.25, 0.3) is 33.2 Å². The second-order valence-corrected chi connectivity index (χ2v) is 10.3. The smallest absolute Gasteiger partial charge is 0.258 e. The van der Waals surface area contributed by atoms with Crippen molar-refractivity contribution >= 4 is 27.8 Å². The SMILES string of the molecule is CC[C@]1(c2ccccc2F)[C@@H]2CCN(c3cnc4c(-c5cccc6c(=O)n(C)ccc56)[nH]nc4n3)C[C@@H]21. The minimum Gasteiger partial charge on any atom is -0.355 e. The third-order valence-corrected chi connectivity index (χ3v) is 8.75. The molecular weight excluding hydrogens is 467 g/mol. The number of piperidine rings is 1. The highest BCUT2D eigenvalue weighted by Gasteiger charge is 2.65. The molecule has 1 saturated heterocycles. The number of fused-ring (bicyclic) bond motifs is 3. The first-order valence-electron chi connectivity index (χ1n) is 12.8. The van der Waals surface area contributed by atoms with Crippen LogP contribution >= 0.6 is 0 Å². The Morgan fingerprint density at radius 1 is 1.11 bits per heavy atom. The van der Waals surface area contributed by atoms with Gasteiger partial charge >= 0.3 is 0 Å². The molecule has 7 rings (SSSR count). The Balaban J connectivity index is 1.22. The average Bonchev–Trinajstić information content (AvgIpc) is 3.39. The Hall–Kier alpha value is -4.07. The zero-order valence-corrected chi connectivity index (χ0v) is 20.8. The molecule has 2 fully saturated rings. The summed E-state index contributed by atoms with van der Waals surface area (Å²) in [6, 6.07) is 14.9. The van der Waals surface area contributed by atoms with E-state index in [1.165, 1.54) is 0 Å². The van der Waals surface area contributed by atoms with Crippen LogP contribution in [-0.2, 0) is 12.5 Å². The lowest BCUT2D eigenvalue weighted by Crippen LogP contribution is -2.32. The Morgan fingerprint density at radius 2 is 1.97 bits per heavy atom. The Labute approximate surface area is 213 Å². The number of hydrogen-bond acceptors (Lipinski definition) is 5. The summed E-state index contributed by atoms with van der Waals surface area (Å²) in [6.07, 6.45) is 5.52. The lowest BCUT2D eigenvalue weighted by Gasteiger charge is -2.26. The number of halogens is 1. The molecule has 4 heterocycles. The minimum atomic E-state index is -0.0955. The van der Waals surface area contributed by atoms with E-state index in [4.69, 9.17) is 9.97 Å². The van der Waals surface area contributed by atoms with E-state index in [2.05, 4.69) is 22.0 Å². The second kappa shape index (κ2) is 7.96. The number of aromatic amines is 1. The summed E-state index contributed by atoms with van der Waals surface area (Å²) in [7, 11) is 1.75. The van der Waals surface area contributed by atoms with Gasteiger partial charge in [0, 0.05) is 42.7 Å². The number of nitrogens with one attached hydrogen (secondary N) is 1. The molecule has 0 spiro atoms. The minimum absolute atomic E-state index is 0.0430. The van der Waals surface area contributed by atoms with E-state index in [1.807, 2.05) is 42.6 Å². The summed E-state index contributed by atoms with van der Waals surface area (Å²) >= 11 is 0. The third kappa shape index (κ3) is 3.11. The van der Waals surface area contributed by atoms with Gasteiger partial charge in [0.2, 0.25) is 5.65 Å². The topological polar surface area (TPSA) is 79.7 Å². The Kier molecular flexibility index (Phi) is 4.77. The maximum Gasteiger partial charge on any atom is 0.258 e. The van der Waals surface area contributed by atoms with Crippen molar-refractivity contribution in [1.82, 2.24) is 24.7 Å². The Morgan fingerprint density at radius 3 is 2.81 bits per heavy atom. The van der Waals surface area contributed by atoms with Crippen molar-refractivity contribution in [3.05, 3.63) is 82.7 Å².